The van der Waals surface area contributed by atoms with Gasteiger partial charge in [-0.3, -0.25) is 9.48 Å². The molecule has 7 nitrogen and oxygen atoms in total. The van der Waals surface area contributed by atoms with Gasteiger partial charge in [0.2, 0.25) is 0 Å². The zero-order valence-electron chi connectivity index (χ0n) is 16.2. The highest BCUT2D eigenvalue weighted by molar-refractivity contribution is 5.95. The van der Waals surface area contributed by atoms with E-state index < -0.39 is 0 Å². The Balaban J connectivity index is 1.74. The van der Waals surface area contributed by atoms with Crippen LogP contribution >= 0.6 is 0 Å². The zero-order valence-corrected chi connectivity index (χ0v) is 16.2. The van der Waals surface area contributed by atoms with Crippen LogP contribution in [0, 0.1) is 20.8 Å². The van der Waals surface area contributed by atoms with Gasteiger partial charge in [-0.1, -0.05) is 6.07 Å². The standard InChI is InChI=1S/C20H24N6O/c1-12-9-19(24-15(4)22-12)25-17-8-6-7-16(10-17)20(27)23-13(2)18-11-21-26(5)14(18)3/h6-11,13H,1-5H3,(H,23,27)(H,22,24,25)/t13-/m1/s1. The van der Waals surface area contributed by atoms with Crippen LogP contribution in [0.2, 0.25) is 0 Å². The lowest BCUT2D eigenvalue weighted by molar-refractivity contribution is 0.0940. The van der Waals surface area contributed by atoms with Gasteiger partial charge in [-0.2, -0.15) is 5.10 Å². The van der Waals surface area contributed by atoms with Gasteiger partial charge in [-0.05, 0) is 45.9 Å². The van der Waals surface area contributed by atoms with Crippen molar-refractivity contribution in [1.82, 2.24) is 25.1 Å². The number of rotatable bonds is 5. The maximum absolute atomic E-state index is 12.7. The lowest BCUT2D eigenvalue weighted by Gasteiger charge is -2.14. The molecule has 2 N–H and O–H groups in total. The largest absolute Gasteiger partial charge is 0.345 e. The highest BCUT2D eigenvalue weighted by atomic mass is 16.1. The van der Waals surface area contributed by atoms with Crippen LogP contribution < -0.4 is 10.6 Å². The van der Waals surface area contributed by atoms with Crippen LogP contribution in [0.3, 0.4) is 0 Å². The van der Waals surface area contributed by atoms with E-state index in [1.165, 1.54) is 0 Å². The number of benzene rings is 1. The molecule has 0 aliphatic carbocycles. The summed E-state index contributed by atoms with van der Waals surface area (Å²) < 4.78 is 1.80. The van der Waals surface area contributed by atoms with E-state index in [-0.39, 0.29) is 11.9 Å². The third-order valence-electron chi connectivity index (χ3n) is 4.45. The second-order valence-corrected chi connectivity index (χ2v) is 6.65. The maximum atomic E-state index is 12.7. The van der Waals surface area contributed by atoms with E-state index in [0.29, 0.717) is 17.2 Å². The molecule has 1 atom stereocenters. The molecule has 3 aromatic rings. The maximum Gasteiger partial charge on any atom is 0.251 e. The van der Waals surface area contributed by atoms with E-state index in [9.17, 15) is 4.79 Å². The van der Waals surface area contributed by atoms with Crippen LogP contribution in [0.25, 0.3) is 0 Å². The van der Waals surface area contributed by atoms with Gasteiger partial charge in [0.1, 0.15) is 11.6 Å². The summed E-state index contributed by atoms with van der Waals surface area (Å²) >= 11 is 0. The van der Waals surface area contributed by atoms with Crippen LogP contribution in [0.1, 0.15) is 46.1 Å². The van der Waals surface area contributed by atoms with Crippen LogP contribution in [-0.2, 0) is 7.05 Å². The summed E-state index contributed by atoms with van der Waals surface area (Å²) in [6.45, 7) is 7.72. The van der Waals surface area contributed by atoms with E-state index in [2.05, 4.69) is 25.7 Å². The number of anilines is 2. The predicted molar refractivity (Wildman–Crippen MR) is 105 cm³/mol. The molecule has 2 aromatic heterocycles. The van der Waals surface area contributed by atoms with Gasteiger partial charge in [-0.15, -0.1) is 0 Å². The van der Waals surface area contributed by atoms with E-state index in [4.69, 9.17) is 0 Å². The monoisotopic (exact) mass is 364 g/mol. The van der Waals surface area contributed by atoms with E-state index >= 15 is 0 Å². The molecule has 140 valence electrons. The van der Waals surface area contributed by atoms with Crippen molar-refractivity contribution in [2.24, 2.45) is 7.05 Å². The summed E-state index contributed by atoms with van der Waals surface area (Å²) in [4.78, 5) is 21.3. The molecule has 2 heterocycles. The molecule has 0 fully saturated rings. The topological polar surface area (TPSA) is 84.7 Å². The summed E-state index contributed by atoms with van der Waals surface area (Å²) in [6.07, 6.45) is 1.79. The first kappa shape index (κ1) is 18.6. The highest BCUT2D eigenvalue weighted by Gasteiger charge is 2.16. The second kappa shape index (κ2) is 7.57. The average Bonchev–Trinajstić information content (AvgIpc) is 2.93. The minimum atomic E-state index is -0.135. The molecular formula is C20H24N6O. The van der Waals surface area contributed by atoms with Gasteiger partial charge in [0.15, 0.2) is 0 Å². The van der Waals surface area contributed by atoms with Crippen LogP contribution in [0.4, 0.5) is 11.5 Å². The van der Waals surface area contributed by atoms with E-state index in [1.807, 2.05) is 59.0 Å². The van der Waals surface area contributed by atoms with E-state index in [1.54, 1.807) is 16.9 Å². The lowest BCUT2D eigenvalue weighted by atomic mass is 10.1. The Bertz CT molecular complexity index is 958. The Hall–Kier alpha value is -3.22. The first-order chi connectivity index (χ1) is 12.8. The quantitative estimate of drug-likeness (QED) is 0.725. The summed E-state index contributed by atoms with van der Waals surface area (Å²) in [7, 11) is 1.89. The Kier molecular flexibility index (Phi) is 5.21. The highest BCUT2D eigenvalue weighted by Crippen LogP contribution is 2.19. The molecule has 7 heteroatoms. The molecule has 0 bridgehead atoms. The van der Waals surface area contributed by atoms with Crippen molar-refractivity contribution in [3.63, 3.8) is 0 Å². The average molecular weight is 364 g/mol. The number of carbonyl (C=O) groups is 1. The van der Waals surface area contributed by atoms with Gasteiger partial charge in [0, 0.05) is 41.3 Å². The molecule has 0 aliphatic rings. The summed E-state index contributed by atoms with van der Waals surface area (Å²) in [5.74, 6) is 1.27. The van der Waals surface area contributed by atoms with Crippen molar-refractivity contribution in [1.29, 1.82) is 0 Å². The smallest absolute Gasteiger partial charge is 0.251 e. The molecule has 3 rings (SSSR count). The first-order valence-electron chi connectivity index (χ1n) is 8.82. The lowest BCUT2D eigenvalue weighted by Crippen LogP contribution is -2.27. The SMILES string of the molecule is Cc1cc(Nc2cccc(C(=O)N[C@H](C)c3cnn(C)c3C)c2)nc(C)n1. The molecule has 0 unspecified atom stereocenters. The molecular weight excluding hydrogens is 340 g/mol. The number of nitrogens with zero attached hydrogens (tertiary/aromatic N) is 4. The zero-order chi connectivity index (χ0) is 19.6. The van der Waals surface area contributed by atoms with E-state index in [0.717, 1.165) is 22.6 Å². The predicted octanol–water partition coefficient (Wildman–Crippen LogP) is 3.37. The molecule has 1 aromatic carbocycles. The third kappa shape index (κ3) is 4.31. The summed E-state index contributed by atoms with van der Waals surface area (Å²) in [5.41, 5.74) is 4.31. The normalized spacial score (nSPS) is 11.9. The van der Waals surface area contributed by atoms with Crippen molar-refractivity contribution in [3.8, 4) is 0 Å². The third-order valence-corrected chi connectivity index (χ3v) is 4.45. The number of aromatic nitrogens is 4. The van der Waals surface area contributed by atoms with Crippen LogP contribution in [0.5, 0.6) is 0 Å². The Morgan fingerprint density at radius 1 is 1.15 bits per heavy atom. The number of carbonyl (C=O) groups excluding carboxylic acids is 1. The van der Waals surface area contributed by atoms with Crippen molar-refractivity contribution in [2.45, 2.75) is 33.7 Å². The second-order valence-electron chi connectivity index (χ2n) is 6.65. The fourth-order valence-electron chi connectivity index (χ4n) is 2.97. The molecule has 0 aliphatic heterocycles. The Labute approximate surface area is 158 Å². The number of hydrogen-bond donors (Lipinski definition) is 2. The Morgan fingerprint density at radius 3 is 2.59 bits per heavy atom. The van der Waals surface area contributed by atoms with Crippen molar-refractivity contribution in [2.75, 3.05) is 5.32 Å². The number of amides is 1. The van der Waals surface area contributed by atoms with Gasteiger partial charge in [-0.25, -0.2) is 9.97 Å². The van der Waals surface area contributed by atoms with Gasteiger partial charge in [0.25, 0.3) is 5.91 Å². The fraction of sp³-hybridized carbons (Fsp3) is 0.300. The number of nitrogens with one attached hydrogen (secondary N) is 2. The van der Waals surface area contributed by atoms with Crippen molar-refractivity contribution in [3.05, 3.63) is 64.9 Å². The molecule has 0 saturated carbocycles. The van der Waals surface area contributed by atoms with Gasteiger partial charge >= 0.3 is 0 Å². The molecule has 0 spiro atoms. The minimum Gasteiger partial charge on any atom is -0.345 e. The Morgan fingerprint density at radius 2 is 1.93 bits per heavy atom. The fourth-order valence-corrected chi connectivity index (χ4v) is 2.97. The minimum absolute atomic E-state index is 0.130. The summed E-state index contributed by atoms with van der Waals surface area (Å²) in [6, 6.07) is 9.09. The first-order valence-corrected chi connectivity index (χ1v) is 8.82. The molecule has 1 amide bonds. The van der Waals surface area contributed by atoms with Gasteiger partial charge in [0.05, 0.1) is 12.2 Å². The van der Waals surface area contributed by atoms with Crippen LogP contribution in [0.15, 0.2) is 36.5 Å². The number of aryl methyl sites for hydroxylation is 3. The van der Waals surface area contributed by atoms with Gasteiger partial charge < -0.3 is 10.6 Å². The van der Waals surface area contributed by atoms with Crippen molar-refractivity contribution < 1.29 is 4.79 Å². The van der Waals surface area contributed by atoms with Crippen molar-refractivity contribution >= 4 is 17.4 Å². The molecule has 0 radical (unpaired) electrons. The van der Waals surface area contributed by atoms with Crippen LogP contribution in [-0.4, -0.2) is 25.7 Å². The number of hydrogen-bond acceptors (Lipinski definition) is 5. The summed E-state index contributed by atoms with van der Waals surface area (Å²) in [5, 5.41) is 10.5. The molecule has 0 saturated heterocycles. The molecule has 27 heavy (non-hydrogen) atoms.